The standard InChI is InChI=1S/C26H32FN3O4/c1-18-8-3-4-9-20(18)24(31)29-23(25(32)28-14-7-17-34-2)19-12-15-30(16-13-19)26(33)21-10-5-6-11-22(21)27/h3-6,8-11,19,23H,7,12-17H2,1-2H3,(H,28,32)(H,29,31)/t23-/m1/s1. The first-order valence-corrected chi connectivity index (χ1v) is 11.6. The molecule has 8 heteroatoms. The summed E-state index contributed by atoms with van der Waals surface area (Å²) >= 11 is 0. The zero-order valence-corrected chi connectivity index (χ0v) is 19.7. The summed E-state index contributed by atoms with van der Waals surface area (Å²) in [5, 5.41) is 5.81. The number of likely N-dealkylation sites (tertiary alicyclic amines) is 1. The number of piperidine rings is 1. The van der Waals surface area contributed by atoms with E-state index >= 15 is 0 Å². The first kappa shape index (κ1) is 25.4. The molecule has 2 aromatic carbocycles. The van der Waals surface area contributed by atoms with Gasteiger partial charge in [-0.1, -0.05) is 30.3 Å². The number of hydrogen-bond acceptors (Lipinski definition) is 4. The molecule has 1 aliphatic heterocycles. The van der Waals surface area contributed by atoms with Crippen LogP contribution in [0.15, 0.2) is 48.5 Å². The van der Waals surface area contributed by atoms with Gasteiger partial charge >= 0.3 is 0 Å². The average molecular weight is 470 g/mol. The van der Waals surface area contributed by atoms with Crippen molar-refractivity contribution in [1.29, 1.82) is 0 Å². The van der Waals surface area contributed by atoms with Gasteiger partial charge in [0.1, 0.15) is 11.9 Å². The highest BCUT2D eigenvalue weighted by atomic mass is 19.1. The van der Waals surface area contributed by atoms with Gasteiger partial charge in [-0.25, -0.2) is 4.39 Å². The van der Waals surface area contributed by atoms with Gasteiger partial charge in [-0.15, -0.1) is 0 Å². The highest BCUT2D eigenvalue weighted by molar-refractivity contribution is 5.98. The summed E-state index contributed by atoms with van der Waals surface area (Å²) in [5.74, 6) is -1.62. The Kier molecular flexibility index (Phi) is 9.16. The average Bonchev–Trinajstić information content (AvgIpc) is 2.85. The second-order valence-corrected chi connectivity index (χ2v) is 8.51. The molecule has 0 bridgehead atoms. The number of hydrogen-bond donors (Lipinski definition) is 2. The molecule has 1 heterocycles. The summed E-state index contributed by atoms with van der Waals surface area (Å²) in [6.45, 7) is 3.57. The van der Waals surface area contributed by atoms with E-state index in [1.165, 1.54) is 12.1 Å². The van der Waals surface area contributed by atoms with Crippen LogP contribution < -0.4 is 10.6 Å². The molecule has 7 nitrogen and oxygen atoms in total. The van der Waals surface area contributed by atoms with Crippen molar-refractivity contribution in [2.24, 2.45) is 5.92 Å². The summed E-state index contributed by atoms with van der Waals surface area (Å²) in [6, 6.07) is 12.4. The third kappa shape index (κ3) is 6.41. The van der Waals surface area contributed by atoms with Crippen LogP contribution >= 0.6 is 0 Å². The normalized spacial score (nSPS) is 15.0. The molecule has 1 fully saturated rings. The molecule has 34 heavy (non-hydrogen) atoms. The molecule has 2 N–H and O–H groups in total. The Morgan fingerprint density at radius 2 is 1.71 bits per heavy atom. The molecule has 182 valence electrons. The molecule has 3 amide bonds. The fraction of sp³-hybridized carbons (Fsp3) is 0.423. The lowest BCUT2D eigenvalue weighted by Crippen LogP contribution is -2.54. The molecule has 3 rings (SSSR count). The van der Waals surface area contributed by atoms with Crippen LogP contribution in [0.4, 0.5) is 4.39 Å². The quantitative estimate of drug-likeness (QED) is 0.553. The van der Waals surface area contributed by atoms with Gasteiger partial charge in [-0.05, 0) is 55.9 Å². The second-order valence-electron chi connectivity index (χ2n) is 8.51. The number of halogens is 1. The molecule has 0 unspecified atom stereocenters. The number of carbonyl (C=O) groups is 3. The number of carbonyl (C=O) groups excluding carboxylic acids is 3. The van der Waals surface area contributed by atoms with Crippen LogP contribution in [0.25, 0.3) is 0 Å². The van der Waals surface area contributed by atoms with Gasteiger partial charge in [0, 0.05) is 38.9 Å². The third-order valence-electron chi connectivity index (χ3n) is 6.19. The zero-order chi connectivity index (χ0) is 24.5. The maximum absolute atomic E-state index is 14.1. The molecule has 1 saturated heterocycles. The lowest BCUT2D eigenvalue weighted by atomic mass is 9.88. The summed E-state index contributed by atoms with van der Waals surface area (Å²) in [5.41, 5.74) is 1.39. The van der Waals surface area contributed by atoms with E-state index in [0.717, 1.165) is 5.56 Å². The number of nitrogens with zero attached hydrogens (tertiary/aromatic N) is 1. The van der Waals surface area contributed by atoms with E-state index in [2.05, 4.69) is 10.6 Å². The maximum Gasteiger partial charge on any atom is 0.256 e. The number of methoxy groups -OCH3 is 1. The van der Waals surface area contributed by atoms with Gasteiger partial charge in [-0.3, -0.25) is 14.4 Å². The molecule has 1 aliphatic rings. The molecular formula is C26H32FN3O4. The molecule has 0 spiro atoms. The Balaban J connectivity index is 1.68. The number of rotatable bonds is 9. The fourth-order valence-electron chi connectivity index (χ4n) is 4.22. The molecular weight excluding hydrogens is 437 g/mol. The summed E-state index contributed by atoms with van der Waals surface area (Å²) in [4.78, 5) is 40.4. The van der Waals surface area contributed by atoms with Gasteiger partial charge in [-0.2, -0.15) is 0 Å². The Morgan fingerprint density at radius 1 is 1.06 bits per heavy atom. The third-order valence-corrected chi connectivity index (χ3v) is 6.19. The Morgan fingerprint density at radius 3 is 2.35 bits per heavy atom. The first-order chi connectivity index (χ1) is 16.4. The van der Waals surface area contributed by atoms with E-state index in [1.807, 2.05) is 19.1 Å². The van der Waals surface area contributed by atoms with Crippen LogP contribution in [0.5, 0.6) is 0 Å². The lowest BCUT2D eigenvalue weighted by molar-refractivity contribution is -0.124. The van der Waals surface area contributed by atoms with Crippen molar-refractivity contribution in [3.63, 3.8) is 0 Å². The Labute approximate surface area is 199 Å². The Hall–Kier alpha value is -3.26. The van der Waals surface area contributed by atoms with Crippen molar-refractivity contribution < 1.29 is 23.5 Å². The number of nitrogens with one attached hydrogen (secondary N) is 2. The van der Waals surface area contributed by atoms with Gasteiger partial charge < -0.3 is 20.3 Å². The minimum Gasteiger partial charge on any atom is -0.385 e. The monoisotopic (exact) mass is 469 g/mol. The molecule has 1 atom stereocenters. The number of ether oxygens (including phenoxy) is 1. The van der Waals surface area contributed by atoms with Crippen molar-refractivity contribution >= 4 is 17.7 Å². The van der Waals surface area contributed by atoms with Gasteiger partial charge in [0.15, 0.2) is 0 Å². The maximum atomic E-state index is 14.1. The smallest absolute Gasteiger partial charge is 0.256 e. The van der Waals surface area contributed by atoms with Crippen molar-refractivity contribution in [2.75, 3.05) is 33.4 Å². The highest BCUT2D eigenvalue weighted by Crippen LogP contribution is 2.24. The molecule has 0 aliphatic carbocycles. The number of benzene rings is 2. The van der Waals surface area contributed by atoms with Crippen LogP contribution in [-0.2, 0) is 9.53 Å². The van der Waals surface area contributed by atoms with Crippen LogP contribution in [0, 0.1) is 18.7 Å². The van der Waals surface area contributed by atoms with Crippen LogP contribution in [0.3, 0.4) is 0 Å². The van der Waals surface area contributed by atoms with Gasteiger partial charge in [0.2, 0.25) is 5.91 Å². The topological polar surface area (TPSA) is 87.7 Å². The van der Waals surface area contributed by atoms with E-state index in [1.54, 1.807) is 36.3 Å². The zero-order valence-electron chi connectivity index (χ0n) is 19.7. The van der Waals surface area contributed by atoms with Crippen LogP contribution in [0.2, 0.25) is 0 Å². The fourth-order valence-corrected chi connectivity index (χ4v) is 4.22. The predicted molar refractivity (Wildman–Crippen MR) is 127 cm³/mol. The van der Waals surface area contributed by atoms with E-state index < -0.39 is 11.9 Å². The van der Waals surface area contributed by atoms with Gasteiger partial charge in [0.25, 0.3) is 11.8 Å². The van der Waals surface area contributed by atoms with Crippen molar-refractivity contribution in [3.05, 3.63) is 71.0 Å². The van der Waals surface area contributed by atoms with Crippen molar-refractivity contribution in [3.8, 4) is 0 Å². The summed E-state index contributed by atoms with van der Waals surface area (Å²) in [6.07, 6.45) is 1.70. The first-order valence-electron chi connectivity index (χ1n) is 11.6. The Bertz CT molecular complexity index is 1010. The SMILES string of the molecule is COCCCNC(=O)[C@H](NC(=O)c1ccccc1C)C1CCN(C(=O)c2ccccc2F)CC1. The second kappa shape index (κ2) is 12.3. The summed E-state index contributed by atoms with van der Waals surface area (Å²) in [7, 11) is 1.60. The van der Waals surface area contributed by atoms with E-state index in [-0.39, 0.29) is 29.2 Å². The minimum atomic E-state index is -0.736. The molecule has 0 radical (unpaired) electrons. The lowest BCUT2D eigenvalue weighted by Gasteiger charge is -2.36. The van der Waals surface area contributed by atoms with Crippen LogP contribution in [-0.4, -0.2) is 62.0 Å². The largest absolute Gasteiger partial charge is 0.385 e. The van der Waals surface area contributed by atoms with E-state index in [4.69, 9.17) is 4.74 Å². The van der Waals surface area contributed by atoms with Crippen molar-refractivity contribution in [2.45, 2.75) is 32.2 Å². The van der Waals surface area contributed by atoms with E-state index in [0.29, 0.717) is 51.1 Å². The minimum absolute atomic E-state index is 0.0428. The summed E-state index contributed by atoms with van der Waals surface area (Å²) < 4.78 is 19.1. The number of amides is 3. The van der Waals surface area contributed by atoms with Crippen LogP contribution in [0.1, 0.15) is 45.5 Å². The molecule has 0 aromatic heterocycles. The molecule has 0 saturated carbocycles. The predicted octanol–water partition coefficient (Wildman–Crippen LogP) is 2.94. The highest BCUT2D eigenvalue weighted by Gasteiger charge is 2.34. The number of aryl methyl sites for hydroxylation is 1. The molecule has 2 aromatic rings. The van der Waals surface area contributed by atoms with Crippen molar-refractivity contribution in [1.82, 2.24) is 15.5 Å². The van der Waals surface area contributed by atoms with Gasteiger partial charge in [0.05, 0.1) is 5.56 Å². The van der Waals surface area contributed by atoms with E-state index in [9.17, 15) is 18.8 Å².